The minimum atomic E-state index is -0.779. The third kappa shape index (κ3) is 6.52. The number of nitrogens with one attached hydrogen (secondary N) is 2. The predicted octanol–water partition coefficient (Wildman–Crippen LogP) is 4.08. The van der Waals surface area contributed by atoms with E-state index < -0.39 is 17.5 Å². The fourth-order valence-electron chi connectivity index (χ4n) is 2.13. The van der Waals surface area contributed by atoms with Crippen LogP contribution in [-0.4, -0.2) is 38.1 Å². The van der Waals surface area contributed by atoms with E-state index in [9.17, 15) is 14.0 Å². The molecule has 0 fully saturated rings. The van der Waals surface area contributed by atoms with Crippen molar-refractivity contribution >= 4 is 35.1 Å². The molecule has 152 valence electrons. The van der Waals surface area contributed by atoms with E-state index in [-0.39, 0.29) is 23.4 Å². The van der Waals surface area contributed by atoms with Crippen LogP contribution >= 0.6 is 11.8 Å². The Bertz CT molecular complexity index is 848. The van der Waals surface area contributed by atoms with E-state index in [0.717, 1.165) is 6.07 Å². The Hall–Kier alpha value is -2.62. The Morgan fingerprint density at radius 3 is 2.64 bits per heavy atom. The number of hydrogen-bond donors (Lipinski definition) is 2. The maximum atomic E-state index is 13.9. The van der Waals surface area contributed by atoms with Gasteiger partial charge in [-0.1, -0.05) is 11.8 Å². The molecule has 0 atom stereocenters. The van der Waals surface area contributed by atoms with E-state index in [4.69, 9.17) is 4.74 Å². The predicted molar refractivity (Wildman–Crippen MR) is 106 cm³/mol. The minimum Gasteiger partial charge on any atom is -0.444 e. The number of halogens is 1. The zero-order valence-electron chi connectivity index (χ0n) is 16.4. The smallest absolute Gasteiger partial charge is 0.412 e. The number of rotatable bonds is 6. The molecule has 0 saturated heterocycles. The monoisotopic (exact) mass is 409 g/mol. The van der Waals surface area contributed by atoms with E-state index in [1.54, 1.807) is 27.1 Å². The van der Waals surface area contributed by atoms with Crippen LogP contribution in [-0.2, 0) is 9.53 Å². The Morgan fingerprint density at radius 1 is 1.29 bits per heavy atom. The van der Waals surface area contributed by atoms with E-state index in [1.165, 1.54) is 23.9 Å². The molecule has 2 N–H and O–H groups in total. The van der Waals surface area contributed by atoms with Crippen molar-refractivity contribution in [3.05, 3.63) is 30.3 Å². The highest BCUT2D eigenvalue weighted by Crippen LogP contribution is 2.22. The molecule has 2 rings (SSSR count). The lowest BCUT2D eigenvalue weighted by atomic mass is 10.2. The average Bonchev–Trinajstić information content (AvgIpc) is 3.03. The molecule has 2 amide bonds. The van der Waals surface area contributed by atoms with Gasteiger partial charge in [0.05, 0.1) is 11.4 Å². The lowest BCUT2D eigenvalue weighted by molar-refractivity contribution is -0.113. The fraction of sp³-hybridized carbons (Fsp3) is 0.444. The molecular weight excluding hydrogens is 385 g/mol. The summed E-state index contributed by atoms with van der Waals surface area (Å²) in [5, 5.41) is 13.5. The molecule has 10 heteroatoms. The van der Waals surface area contributed by atoms with Crippen LogP contribution in [0, 0.1) is 5.82 Å². The molecule has 8 nitrogen and oxygen atoms in total. The zero-order valence-corrected chi connectivity index (χ0v) is 17.3. The van der Waals surface area contributed by atoms with Gasteiger partial charge >= 0.3 is 6.09 Å². The second kappa shape index (κ2) is 9.05. The van der Waals surface area contributed by atoms with Crippen molar-refractivity contribution < 1.29 is 18.7 Å². The quantitative estimate of drug-likeness (QED) is 0.698. The maximum absolute atomic E-state index is 13.9. The number of amides is 2. The Labute approximate surface area is 167 Å². The van der Waals surface area contributed by atoms with E-state index >= 15 is 0 Å². The van der Waals surface area contributed by atoms with Crippen molar-refractivity contribution in [3.8, 4) is 0 Å². The normalized spacial score (nSPS) is 11.4. The molecule has 0 aliphatic carbocycles. The minimum absolute atomic E-state index is 0.0840. The maximum Gasteiger partial charge on any atom is 0.412 e. The number of ether oxygens (including phenoxy) is 1. The first kappa shape index (κ1) is 21.7. The lowest BCUT2D eigenvalue weighted by Crippen LogP contribution is -2.27. The average molecular weight is 409 g/mol. The van der Waals surface area contributed by atoms with Crippen LogP contribution in [0.2, 0.25) is 0 Å². The van der Waals surface area contributed by atoms with E-state index in [0.29, 0.717) is 10.8 Å². The van der Waals surface area contributed by atoms with Gasteiger partial charge in [-0.3, -0.25) is 10.1 Å². The summed E-state index contributed by atoms with van der Waals surface area (Å²) in [6.45, 7) is 9.10. The Morgan fingerprint density at radius 2 is 2.00 bits per heavy atom. The summed E-state index contributed by atoms with van der Waals surface area (Å²) in [7, 11) is 0. The highest BCUT2D eigenvalue weighted by atomic mass is 32.2. The lowest BCUT2D eigenvalue weighted by Gasteiger charge is -2.20. The molecule has 1 aromatic heterocycles. The molecule has 0 bridgehead atoms. The fourth-order valence-corrected chi connectivity index (χ4v) is 2.97. The first-order valence-electron chi connectivity index (χ1n) is 8.67. The van der Waals surface area contributed by atoms with Gasteiger partial charge in [0.1, 0.15) is 17.7 Å². The standard InChI is InChI=1S/C18H24FN5O3S/c1-11(2)24-10-20-23-16(24)28-9-15(25)21-12-6-7-13(19)14(8-12)22-17(26)27-18(3,4)5/h6-8,10-11H,9H2,1-5H3,(H,21,25)(H,22,26). The van der Waals surface area contributed by atoms with Crippen molar-refractivity contribution in [2.24, 2.45) is 0 Å². The summed E-state index contributed by atoms with van der Waals surface area (Å²) in [5.74, 6) is -0.821. The van der Waals surface area contributed by atoms with Crippen molar-refractivity contribution in [1.82, 2.24) is 14.8 Å². The molecule has 0 aliphatic heterocycles. The van der Waals surface area contributed by atoms with Crippen molar-refractivity contribution in [2.45, 2.75) is 51.4 Å². The third-order valence-electron chi connectivity index (χ3n) is 3.31. The molecule has 1 heterocycles. The van der Waals surface area contributed by atoms with Gasteiger partial charge in [0.15, 0.2) is 5.16 Å². The van der Waals surface area contributed by atoms with Gasteiger partial charge in [0, 0.05) is 11.7 Å². The number of benzene rings is 1. The van der Waals surface area contributed by atoms with Gasteiger partial charge in [-0.25, -0.2) is 9.18 Å². The van der Waals surface area contributed by atoms with E-state index in [2.05, 4.69) is 20.8 Å². The highest BCUT2D eigenvalue weighted by molar-refractivity contribution is 7.99. The highest BCUT2D eigenvalue weighted by Gasteiger charge is 2.18. The van der Waals surface area contributed by atoms with Crippen LogP contribution in [0.25, 0.3) is 0 Å². The van der Waals surface area contributed by atoms with Crippen molar-refractivity contribution in [1.29, 1.82) is 0 Å². The number of aromatic nitrogens is 3. The van der Waals surface area contributed by atoms with E-state index in [1.807, 2.05) is 18.4 Å². The summed E-state index contributed by atoms with van der Waals surface area (Å²) in [6.07, 6.45) is 0.831. The van der Waals surface area contributed by atoms with Crippen molar-refractivity contribution in [2.75, 3.05) is 16.4 Å². The second-order valence-electron chi connectivity index (χ2n) is 7.27. The molecule has 0 aliphatic rings. The largest absolute Gasteiger partial charge is 0.444 e. The van der Waals surface area contributed by atoms with Crippen LogP contribution in [0.4, 0.5) is 20.6 Å². The number of carbonyl (C=O) groups excluding carboxylic acids is 2. The van der Waals surface area contributed by atoms with Crippen LogP contribution in [0.5, 0.6) is 0 Å². The molecule has 28 heavy (non-hydrogen) atoms. The van der Waals surface area contributed by atoms with Gasteiger partial charge in [-0.2, -0.15) is 0 Å². The number of carbonyl (C=O) groups is 2. The van der Waals surface area contributed by atoms with Gasteiger partial charge < -0.3 is 14.6 Å². The first-order chi connectivity index (χ1) is 13.0. The Kier molecular flexibility index (Phi) is 7.00. The Balaban J connectivity index is 1.97. The summed E-state index contributed by atoms with van der Waals surface area (Å²) in [6, 6.07) is 4.08. The molecule has 0 spiro atoms. The van der Waals surface area contributed by atoms with Crippen LogP contribution in [0.1, 0.15) is 40.7 Å². The number of hydrogen-bond acceptors (Lipinski definition) is 6. The van der Waals surface area contributed by atoms with Gasteiger partial charge in [0.2, 0.25) is 5.91 Å². The molecule has 0 saturated carbocycles. The molecule has 0 radical (unpaired) electrons. The van der Waals surface area contributed by atoms with Crippen LogP contribution in [0.15, 0.2) is 29.7 Å². The summed E-state index contributed by atoms with van der Waals surface area (Å²) >= 11 is 1.25. The summed E-state index contributed by atoms with van der Waals surface area (Å²) < 4.78 is 20.9. The van der Waals surface area contributed by atoms with Gasteiger partial charge in [-0.05, 0) is 52.8 Å². The second-order valence-corrected chi connectivity index (χ2v) is 8.22. The van der Waals surface area contributed by atoms with Crippen molar-refractivity contribution in [3.63, 3.8) is 0 Å². The van der Waals surface area contributed by atoms with Gasteiger partial charge in [0.25, 0.3) is 0 Å². The molecule has 0 unspecified atom stereocenters. The topological polar surface area (TPSA) is 98.1 Å². The van der Waals surface area contributed by atoms with Crippen LogP contribution in [0.3, 0.4) is 0 Å². The number of nitrogens with zero attached hydrogens (tertiary/aromatic N) is 3. The zero-order chi connectivity index (χ0) is 20.9. The molecule has 2 aromatic rings. The third-order valence-corrected chi connectivity index (χ3v) is 4.27. The SMILES string of the molecule is CC(C)n1cnnc1SCC(=O)Nc1ccc(F)c(NC(=O)OC(C)(C)C)c1. The van der Waals surface area contributed by atoms with Gasteiger partial charge in [-0.15, -0.1) is 10.2 Å². The summed E-state index contributed by atoms with van der Waals surface area (Å²) in [5.41, 5.74) is -0.442. The van der Waals surface area contributed by atoms with Crippen LogP contribution < -0.4 is 10.6 Å². The first-order valence-corrected chi connectivity index (χ1v) is 9.65. The number of thioether (sulfide) groups is 1. The molecule has 1 aromatic carbocycles. The summed E-state index contributed by atoms with van der Waals surface area (Å²) in [4.78, 5) is 24.0. The number of anilines is 2. The molecular formula is C18H24FN5O3S.